The molecule has 2 aromatic carbocycles. The molecule has 0 radical (unpaired) electrons. The maximum Gasteiger partial charge on any atom is 0.0445 e. The summed E-state index contributed by atoms with van der Waals surface area (Å²) >= 11 is 0. The molecule has 1 unspecified atom stereocenters. The Morgan fingerprint density at radius 3 is 2.90 bits per heavy atom. The number of nitrogens with one attached hydrogen (secondary N) is 1. The van der Waals surface area contributed by atoms with Crippen LogP contribution in [0.3, 0.4) is 0 Å². The Labute approximate surface area is 126 Å². The van der Waals surface area contributed by atoms with Gasteiger partial charge in [-0.1, -0.05) is 18.2 Å². The van der Waals surface area contributed by atoms with Gasteiger partial charge in [0.2, 0.25) is 0 Å². The standard InChI is InChI=1S/C19H22N2/c1-14-8-9-15-5-2-3-7-19(15)21(14)17-10-11-18-16(13-17)6-4-12-20-18/h2-3,5,7,10-11,13-14,20H,4,6,8-9,12H2,1H3. The van der Waals surface area contributed by atoms with E-state index in [0.29, 0.717) is 6.04 Å². The van der Waals surface area contributed by atoms with Gasteiger partial charge in [0.25, 0.3) is 0 Å². The number of aryl methyl sites for hydroxylation is 2. The second-order valence-corrected chi connectivity index (χ2v) is 6.26. The van der Waals surface area contributed by atoms with Gasteiger partial charge in [0.1, 0.15) is 0 Å². The summed E-state index contributed by atoms with van der Waals surface area (Å²) in [6, 6.07) is 16.3. The van der Waals surface area contributed by atoms with Crippen LogP contribution < -0.4 is 10.2 Å². The van der Waals surface area contributed by atoms with Crippen molar-refractivity contribution in [3.05, 3.63) is 53.6 Å². The molecular formula is C19H22N2. The highest BCUT2D eigenvalue weighted by molar-refractivity contribution is 5.72. The van der Waals surface area contributed by atoms with E-state index in [0.717, 1.165) is 6.54 Å². The van der Waals surface area contributed by atoms with Crippen LogP contribution in [0.1, 0.15) is 30.9 Å². The van der Waals surface area contributed by atoms with Crippen molar-refractivity contribution in [2.24, 2.45) is 0 Å². The number of rotatable bonds is 1. The predicted molar refractivity (Wildman–Crippen MR) is 89.6 cm³/mol. The number of benzene rings is 2. The zero-order valence-corrected chi connectivity index (χ0v) is 12.6. The van der Waals surface area contributed by atoms with Crippen LogP contribution in [0.4, 0.5) is 17.1 Å². The van der Waals surface area contributed by atoms with Crippen LogP contribution in [0.25, 0.3) is 0 Å². The van der Waals surface area contributed by atoms with Crippen molar-refractivity contribution in [2.75, 3.05) is 16.8 Å². The van der Waals surface area contributed by atoms with Gasteiger partial charge in [-0.25, -0.2) is 0 Å². The van der Waals surface area contributed by atoms with Gasteiger partial charge in [-0.05, 0) is 68.0 Å². The van der Waals surface area contributed by atoms with Gasteiger partial charge in [-0.3, -0.25) is 0 Å². The number of anilines is 3. The van der Waals surface area contributed by atoms with E-state index in [1.54, 1.807) is 0 Å². The van der Waals surface area contributed by atoms with Crippen molar-refractivity contribution in [1.29, 1.82) is 0 Å². The molecule has 2 heterocycles. The lowest BCUT2D eigenvalue weighted by Crippen LogP contribution is -2.33. The Bertz CT molecular complexity index is 662. The van der Waals surface area contributed by atoms with Crippen molar-refractivity contribution in [3.63, 3.8) is 0 Å². The first-order valence-electron chi connectivity index (χ1n) is 8.07. The average molecular weight is 278 g/mol. The molecule has 2 aliphatic rings. The van der Waals surface area contributed by atoms with Crippen LogP contribution in [-0.4, -0.2) is 12.6 Å². The monoisotopic (exact) mass is 278 g/mol. The van der Waals surface area contributed by atoms with Crippen molar-refractivity contribution in [1.82, 2.24) is 0 Å². The molecule has 0 saturated heterocycles. The highest BCUT2D eigenvalue weighted by Gasteiger charge is 2.24. The highest BCUT2D eigenvalue weighted by Crippen LogP contribution is 2.38. The van der Waals surface area contributed by atoms with E-state index in [-0.39, 0.29) is 0 Å². The van der Waals surface area contributed by atoms with E-state index in [1.807, 2.05) is 0 Å². The van der Waals surface area contributed by atoms with Crippen molar-refractivity contribution < 1.29 is 0 Å². The second kappa shape index (κ2) is 5.10. The van der Waals surface area contributed by atoms with Crippen LogP contribution in [0.2, 0.25) is 0 Å². The van der Waals surface area contributed by atoms with Gasteiger partial charge >= 0.3 is 0 Å². The lowest BCUT2D eigenvalue weighted by atomic mass is 9.95. The fourth-order valence-corrected chi connectivity index (χ4v) is 3.69. The minimum atomic E-state index is 0.564. The largest absolute Gasteiger partial charge is 0.385 e. The summed E-state index contributed by atoms with van der Waals surface area (Å²) < 4.78 is 0. The average Bonchev–Trinajstić information content (AvgIpc) is 2.54. The summed E-state index contributed by atoms with van der Waals surface area (Å²) in [6.07, 6.45) is 4.86. The molecule has 2 nitrogen and oxygen atoms in total. The quantitative estimate of drug-likeness (QED) is 0.825. The zero-order valence-electron chi connectivity index (χ0n) is 12.6. The summed E-state index contributed by atoms with van der Waals surface area (Å²) in [4.78, 5) is 2.52. The molecule has 0 aliphatic carbocycles. The predicted octanol–water partition coefficient (Wildman–Crippen LogP) is 4.52. The molecule has 0 spiro atoms. The molecule has 1 N–H and O–H groups in total. The number of fused-ring (bicyclic) bond motifs is 2. The molecule has 0 bridgehead atoms. The molecule has 108 valence electrons. The summed E-state index contributed by atoms with van der Waals surface area (Å²) in [5.74, 6) is 0. The van der Waals surface area contributed by atoms with E-state index in [9.17, 15) is 0 Å². The number of para-hydroxylation sites is 1. The minimum Gasteiger partial charge on any atom is -0.385 e. The second-order valence-electron chi connectivity index (χ2n) is 6.26. The first-order chi connectivity index (χ1) is 10.3. The Kier molecular flexibility index (Phi) is 3.10. The molecule has 2 aromatic rings. The number of hydrogen-bond donors (Lipinski definition) is 1. The first kappa shape index (κ1) is 12.8. The zero-order chi connectivity index (χ0) is 14.2. The third-order valence-electron chi connectivity index (χ3n) is 4.83. The molecule has 0 aromatic heterocycles. The van der Waals surface area contributed by atoms with Crippen LogP contribution in [0, 0.1) is 0 Å². The maximum atomic E-state index is 3.50. The molecule has 0 amide bonds. The highest BCUT2D eigenvalue weighted by atomic mass is 15.2. The van der Waals surface area contributed by atoms with Crippen molar-refractivity contribution in [3.8, 4) is 0 Å². The van der Waals surface area contributed by atoms with Gasteiger partial charge in [0.05, 0.1) is 0 Å². The van der Waals surface area contributed by atoms with Crippen LogP contribution in [0.15, 0.2) is 42.5 Å². The fourth-order valence-electron chi connectivity index (χ4n) is 3.69. The van der Waals surface area contributed by atoms with Crippen LogP contribution in [0.5, 0.6) is 0 Å². The fraction of sp³-hybridized carbons (Fsp3) is 0.368. The summed E-state index contributed by atoms with van der Waals surface area (Å²) in [7, 11) is 0. The van der Waals surface area contributed by atoms with Crippen LogP contribution in [-0.2, 0) is 12.8 Å². The lowest BCUT2D eigenvalue weighted by molar-refractivity contribution is 0.618. The van der Waals surface area contributed by atoms with Gasteiger partial charge in [-0.2, -0.15) is 0 Å². The van der Waals surface area contributed by atoms with E-state index >= 15 is 0 Å². The minimum absolute atomic E-state index is 0.564. The van der Waals surface area contributed by atoms with Crippen molar-refractivity contribution >= 4 is 17.1 Å². The third-order valence-corrected chi connectivity index (χ3v) is 4.83. The topological polar surface area (TPSA) is 15.3 Å². The number of hydrogen-bond acceptors (Lipinski definition) is 2. The van der Waals surface area contributed by atoms with E-state index in [1.165, 1.54) is 53.9 Å². The van der Waals surface area contributed by atoms with E-state index < -0.39 is 0 Å². The summed E-state index contributed by atoms with van der Waals surface area (Å²) in [5, 5.41) is 3.50. The molecule has 4 rings (SSSR count). The Morgan fingerprint density at radius 1 is 1.05 bits per heavy atom. The molecule has 1 atom stereocenters. The SMILES string of the molecule is CC1CCc2ccccc2N1c1ccc2c(c1)CCCN2. The summed E-state index contributed by atoms with van der Waals surface area (Å²) in [6.45, 7) is 3.45. The maximum absolute atomic E-state index is 3.50. The van der Waals surface area contributed by atoms with E-state index in [4.69, 9.17) is 0 Å². The summed E-state index contributed by atoms with van der Waals surface area (Å²) in [5.41, 5.74) is 7.00. The van der Waals surface area contributed by atoms with Crippen molar-refractivity contribution in [2.45, 2.75) is 38.6 Å². The molecule has 2 heteroatoms. The van der Waals surface area contributed by atoms with E-state index in [2.05, 4.69) is 59.6 Å². The third kappa shape index (κ3) is 2.19. The molecular weight excluding hydrogens is 256 g/mol. The van der Waals surface area contributed by atoms with Gasteiger partial charge in [0, 0.05) is 29.6 Å². The Morgan fingerprint density at radius 2 is 1.95 bits per heavy atom. The smallest absolute Gasteiger partial charge is 0.0445 e. The Hall–Kier alpha value is -1.96. The molecule has 21 heavy (non-hydrogen) atoms. The lowest BCUT2D eigenvalue weighted by Gasteiger charge is -2.37. The molecule has 0 fully saturated rings. The number of nitrogens with zero attached hydrogens (tertiary/aromatic N) is 1. The normalized spacial score (nSPS) is 20.4. The molecule has 0 saturated carbocycles. The van der Waals surface area contributed by atoms with Gasteiger partial charge < -0.3 is 10.2 Å². The first-order valence-corrected chi connectivity index (χ1v) is 8.07. The molecule has 2 aliphatic heterocycles. The van der Waals surface area contributed by atoms with Gasteiger partial charge in [0.15, 0.2) is 0 Å². The Balaban J connectivity index is 1.79. The van der Waals surface area contributed by atoms with Crippen LogP contribution >= 0.6 is 0 Å². The van der Waals surface area contributed by atoms with Gasteiger partial charge in [-0.15, -0.1) is 0 Å².